The van der Waals surface area contributed by atoms with Crippen LogP contribution in [0, 0.1) is 16.9 Å². The van der Waals surface area contributed by atoms with E-state index in [1.165, 1.54) is 0 Å². The molecule has 0 saturated carbocycles. The average molecular weight is 116 g/mol. The first-order valence-electron chi connectivity index (χ1n) is 1.47. The molecule has 0 aliphatic carbocycles. The fourth-order valence-corrected chi connectivity index (χ4v) is 0.0602. The van der Waals surface area contributed by atoms with Crippen LogP contribution in [0.1, 0.15) is 0 Å². The fourth-order valence-electron chi connectivity index (χ4n) is 0.0602. The first-order valence-corrected chi connectivity index (χ1v) is 1.87. The van der Waals surface area contributed by atoms with Gasteiger partial charge in [0, 0.05) is 0 Å². The Morgan fingerprint density at radius 2 is 2.43 bits per heavy atom. The molecule has 0 amide bonds. The highest BCUT2D eigenvalue weighted by atomic mass is 32.1. The number of guanidine groups is 1. The van der Waals surface area contributed by atoms with E-state index in [9.17, 15) is 0 Å². The zero-order chi connectivity index (χ0) is 5.86. The van der Waals surface area contributed by atoms with E-state index < -0.39 is 0 Å². The summed E-state index contributed by atoms with van der Waals surface area (Å²) in [7, 11) is 0. The maximum absolute atomic E-state index is 7.89. The summed E-state index contributed by atoms with van der Waals surface area (Å²) in [6, 6.07) is 0. The number of hydrogen-bond donors (Lipinski definition) is 3. The summed E-state index contributed by atoms with van der Waals surface area (Å²) in [5, 5.41) is 14.4. The normalized spacial score (nSPS) is 12.0. The standard InChI is InChI=1S/C2H4N4S/c3-1-6(7)2(4)5/h6H,(H3,4,5). The molecule has 0 aromatic carbocycles. The van der Waals surface area contributed by atoms with Crippen LogP contribution in [0.2, 0.25) is 0 Å². The Balaban J connectivity index is 3.63. The Labute approximate surface area is 46.6 Å². The van der Waals surface area contributed by atoms with Crippen LogP contribution in [0.15, 0.2) is 0 Å². The Kier molecular flexibility index (Phi) is 2.19. The van der Waals surface area contributed by atoms with E-state index in [2.05, 4.69) is 12.8 Å². The predicted octanol–water partition coefficient (Wildman–Crippen LogP) is -2.29. The molecule has 4 nitrogen and oxygen atoms in total. The highest BCUT2D eigenvalue weighted by molar-refractivity contribution is 7.51. The van der Waals surface area contributed by atoms with E-state index in [1.807, 2.05) is 0 Å². The molecule has 0 spiro atoms. The van der Waals surface area contributed by atoms with Gasteiger partial charge in [0.25, 0.3) is 12.2 Å². The van der Waals surface area contributed by atoms with Crippen LogP contribution >= 0.6 is 0 Å². The Morgan fingerprint density at radius 1 is 2.00 bits per heavy atom. The maximum atomic E-state index is 7.89. The quantitative estimate of drug-likeness (QED) is 0.144. The van der Waals surface area contributed by atoms with Crippen molar-refractivity contribution in [3.63, 3.8) is 0 Å². The van der Waals surface area contributed by atoms with Crippen LogP contribution in [-0.4, -0.2) is 5.96 Å². The SMILES string of the molecule is N#C[NH+]([S-])C(=N)N. The van der Waals surface area contributed by atoms with Crippen LogP contribution in [-0.2, 0) is 12.8 Å². The maximum Gasteiger partial charge on any atom is 0.295 e. The van der Waals surface area contributed by atoms with Gasteiger partial charge < -0.3 is 18.5 Å². The monoisotopic (exact) mass is 116 g/mol. The summed E-state index contributed by atoms with van der Waals surface area (Å²) in [6.45, 7) is 0. The van der Waals surface area contributed by atoms with Crippen molar-refractivity contribution in [1.82, 2.24) is 0 Å². The largest absolute Gasteiger partial charge is 0.468 e. The van der Waals surface area contributed by atoms with E-state index in [0.29, 0.717) is 0 Å². The van der Waals surface area contributed by atoms with Gasteiger partial charge in [0.2, 0.25) is 0 Å². The molecule has 0 saturated heterocycles. The molecule has 38 valence electrons. The summed E-state index contributed by atoms with van der Waals surface area (Å²) in [5.74, 6) is -0.336. The topological polar surface area (TPSA) is 78.1 Å². The van der Waals surface area contributed by atoms with Crippen LogP contribution in [0.4, 0.5) is 0 Å². The fraction of sp³-hybridized carbons (Fsp3) is 0. The number of quaternary nitrogens is 1. The van der Waals surface area contributed by atoms with E-state index in [0.717, 1.165) is 0 Å². The van der Waals surface area contributed by atoms with Crippen molar-refractivity contribution >= 4 is 18.8 Å². The van der Waals surface area contributed by atoms with E-state index in [4.69, 9.17) is 16.4 Å². The van der Waals surface area contributed by atoms with Crippen LogP contribution in [0.3, 0.4) is 0 Å². The molecule has 5 heteroatoms. The van der Waals surface area contributed by atoms with Crippen LogP contribution in [0.5, 0.6) is 0 Å². The second-order valence-corrected chi connectivity index (χ2v) is 1.26. The van der Waals surface area contributed by atoms with Gasteiger partial charge in [-0.05, 0) is 0 Å². The highest BCUT2D eigenvalue weighted by Crippen LogP contribution is 1.28. The second-order valence-electron chi connectivity index (χ2n) is 0.855. The lowest BCUT2D eigenvalue weighted by Gasteiger charge is -2.05. The number of hydrogen-bond acceptors (Lipinski definition) is 3. The smallest absolute Gasteiger partial charge is 0.295 e. The first kappa shape index (κ1) is 6.27. The molecule has 7 heavy (non-hydrogen) atoms. The van der Waals surface area contributed by atoms with Crippen LogP contribution < -0.4 is 10.0 Å². The Morgan fingerprint density at radius 3 is 2.43 bits per heavy atom. The molecule has 0 bridgehead atoms. The van der Waals surface area contributed by atoms with Gasteiger partial charge in [0.05, 0.1) is 0 Å². The van der Waals surface area contributed by atoms with Crippen molar-refractivity contribution in [2.75, 3.05) is 0 Å². The summed E-state index contributed by atoms with van der Waals surface area (Å²) in [5.41, 5.74) is 4.77. The third-order valence-electron chi connectivity index (χ3n) is 0.346. The highest BCUT2D eigenvalue weighted by Gasteiger charge is 1.90. The lowest BCUT2D eigenvalue weighted by Crippen LogP contribution is -3.08. The molecule has 0 rings (SSSR count). The molecule has 0 aromatic rings. The number of nitrogens with two attached hydrogens (primary N) is 1. The second kappa shape index (κ2) is 2.44. The zero-order valence-corrected chi connectivity index (χ0v) is 4.25. The van der Waals surface area contributed by atoms with Crippen molar-refractivity contribution in [2.45, 2.75) is 0 Å². The molecule has 1 atom stereocenters. The summed E-state index contributed by atoms with van der Waals surface area (Å²) >= 11 is 4.27. The Hall–Kier alpha value is -0.730. The molecule has 0 fully saturated rings. The number of nitrogens with zero attached hydrogens (tertiary/aromatic N) is 1. The molecule has 4 N–H and O–H groups in total. The molecule has 1 unspecified atom stereocenters. The predicted molar refractivity (Wildman–Crippen MR) is 25.9 cm³/mol. The van der Waals surface area contributed by atoms with Gasteiger partial charge in [-0.25, -0.2) is 5.41 Å². The van der Waals surface area contributed by atoms with Crippen molar-refractivity contribution in [2.24, 2.45) is 5.73 Å². The van der Waals surface area contributed by atoms with E-state index >= 15 is 0 Å². The van der Waals surface area contributed by atoms with Gasteiger partial charge >= 0.3 is 0 Å². The molecule has 0 aliphatic heterocycles. The first-order chi connectivity index (χ1) is 3.18. The van der Waals surface area contributed by atoms with Gasteiger partial charge in [0.15, 0.2) is 0 Å². The third-order valence-corrected chi connectivity index (χ3v) is 0.657. The minimum atomic E-state index is -0.336. The number of nitriles is 1. The van der Waals surface area contributed by atoms with Crippen LogP contribution in [0.25, 0.3) is 0 Å². The molecular formula is C2H4N4S. The summed E-state index contributed by atoms with van der Waals surface area (Å²) < 4.78 is -0.153. The summed E-state index contributed by atoms with van der Waals surface area (Å²) in [4.78, 5) is 0. The van der Waals surface area contributed by atoms with Gasteiger partial charge in [-0.2, -0.15) is 0 Å². The minimum absolute atomic E-state index is 0.153. The lowest BCUT2D eigenvalue weighted by atomic mass is 11.0. The average Bonchev–Trinajstić information content (AvgIpc) is 1.65. The number of rotatable bonds is 0. The van der Waals surface area contributed by atoms with E-state index in [-0.39, 0.29) is 10.3 Å². The molecule has 0 heterocycles. The molecule has 0 aliphatic rings. The zero-order valence-electron chi connectivity index (χ0n) is 3.43. The minimum Gasteiger partial charge on any atom is -0.468 e. The lowest BCUT2D eigenvalue weighted by molar-refractivity contribution is -0.558. The van der Waals surface area contributed by atoms with Gasteiger partial charge in [-0.3, -0.25) is 4.31 Å². The van der Waals surface area contributed by atoms with Crippen molar-refractivity contribution in [3.8, 4) is 6.19 Å². The summed E-state index contributed by atoms with van der Waals surface area (Å²) in [6.07, 6.45) is 1.55. The van der Waals surface area contributed by atoms with E-state index in [1.54, 1.807) is 6.19 Å². The van der Waals surface area contributed by atoms with Gasteiger partial charge in [0.1, 0.15) is 0 Å². The van der Waals surface area contributed by atoms with Gasteiger partial charge in [-0.15, -0.1) is 5.26 Å². The number of nitrogens with one attached hydrogen (secondary N) is 2. The Bertz CT molecular complexity index is 113. The molecule has 0 radical (unpaired) electrons. The van der Waals surface area contributed by atoms with Crippen molar-refractivity contribution in [1.29, 1.82) is 10.7 Å². The van der Waals surface area contributed by atoms with Crippen molar-refractivity contribution < 1.29 is 4.31 Å². The molecular weight excluding hydrogens is 112 g/mol. The molecule has 0 aromatic heterocycles. The van der Waals surface area contributed by atoms with Crippen molar-refractivity contribution in [3.05, 3.63) is 0 Å². The van der Waals surface area contributed by atoms with Gasteiger partial charge in [-0.1, -0.05) is 0 Å². The third kappa shape index (κ3) is 2.03.